The smallest absolute Gasteiger partial charge is 0.107 e. The van der Waals surface area contributed by atoms with Crippen molar-refractivity contribution in [3.05, 3.63) is 61.5 Å². The van der Waals surface area contributed by atoms with Crippen molar-refractivity contribution in [2.75, 3.05) is 5.32 Å². The molecule has 20 heavy (non-hydrogen) atoms. The molecule has 1 N–H and O–H groups in total. The van der Waals surface area contributed by atoms with Crippen molar-refractivity contribution in [3.8, 4) is 10.4 Å². The van der Waals surface area contributed by atoms with Crippen molar-refractivity contribution in [1.29, 1.82) is 0 Å². The van der Waals surface area contributed by atoms with Crippen LogP contribution in [0.1, 0.15) is 4.88 Å². The van der Waals surface area contributed by atoms with Gasteiger partial charge in [-0.2, -0.15) is 0 Å². The van der Waals surface area contributed by atoms with Gasteiger partial charge in [0.05, 0.1) is 0 Å². The lowest BCUT2D eigenvalue weighted by atomic mass is 10.1. The Morgan fingerprint density at radius 3 is 2.70 bits per heavy atom. The van der Waals surface area contributed by atoms with Crippen LogP contribution in [0.4, 0.5) is 5.69 Å². The fourth-order valence-corrected chi connectivity index (χ4v) is 4.44. The summed E-state index contributed by atoms with van der Waals surface area (Å²) < 4.78 is 1.76. The van der Waals surface area contributed by atoms with Crippen molar-refractivity contribution in [2.24, 2.45) is 0 Å². The van der Waals surface area contributed by atoms with Gasteiger partial charge >= 0.3 is 0 Å². The molecular weight excluding hydrogens is 374 g/mol. The molecule has 1 nitrogen and oxygen atoms in total. The molecule has 5 heteroatoms. The third kappa shape index (κ3) is 3.09. The van der Waals surface area contributed by atoms with Gasteiger partial charge < -0.3 is 5.32 Å². The summed E-state index contributed by atoms with van der Waals surface area (Å²) in [7, 11) is 0. The maximum absolute atomic E-state index is 6.07. The Morgan fingerprint density at radius 1 is 1.15 bits per heavy atom. The van der Waals surface area contributed by atoms with Crippen LogP contribution in [0, 0.1) is 0 Å². The highest BCUT2D eigenvalue weighted by molar-refractivity contribution is 9.10. The zero-order chi connectivity index (χ0) is 13.9. The first-order valence-electron chi connectivity index (χ1n) is 6.04. The Balaban J connectivity index is 1.81. The molecule has 0 atom stereocenters. The number of rotatable bonds is 4. The van der Waals surface area contributed by atoms with Crippen LogP contribution in [0.15, 0.2) is 52.3 Å². The monoisotopic (exact) mass is 383 g/mol. The molecule has 0 spiro atoms. The summed E-state index contributed by atoms with van der Waals surface area (Å²) in [5.41, 5.74) is 2.39. The molecule has 0 aliphatic heterocycles. The number of hydrogen-bond acceptors (Lipinski definition) is 3. The highest BCUT2D eigenvalue weighted by Gasteiger charge is 2.07. The van der Waals surface area contributed by atoms with Crippen LogP contribution in [-0.2, 0) is 6.54 Å². The number of nitrogens with one attached hydrogen (secondary N) is 1. The standard InChI is InChI=1S/C15H11BrClNS2/c16-12-8-10(20-15(12)17)9-18-13-5-2-1-4-11(13)14-6-3-7-19-14/h1-8,18H,9H2. The Labute approximate surface area is 139 Å². The first kappa shape index (κ1) is 14.1. The minimum atomic E-state index is 0.776. The predicted molar refractivity (Wildman–Crippen MR) is 94.1 cm³/mol. The van der Waals surface area contributed by atoms with Gasteiger partial charge in [0.2, 0.25) is 0 Å². The lowest BCUT2D eigenvalue weighted by Gasteiger charge is -2.10. The number of anilines is 1. The third-order valence-electron chi connectivity index (χ3n) is 2.86. The average molecular weight is 385 g/mol. The van der Waals surface area contributed by atoms with E-state index in [-0.39, 0.29) is 0 Å². The molecular formula is C15H11BrClNS2. The molecule has 0 unspecified atom stereocenters. The second-order valence-corrected chi connectivity index (χ2v) is 7.75. The SMILES string of the molecule is Clc1sc(CNc2ccccc2-c2cccs2)cc1Br. The highest BCUT2D eigenvalue weighted by Crippen LogP contribution is 2.34. The van der Waals surface area contributed by atoms with Crippen LogP contribution < -0.4 is 5.32 Å². The second kappa shape index (κ2) is 6.31. The van der Waals surface area contributed by atoms with Gasteiger partial charge in [0, 0.05) is 32.0 Å². The molecule has 2 aromatic heterocycles. The van der Waals surface area contributed by atoms with Crippen molar-refractivity contribution in [3.63, 3.8) is 0 Å². The van der Waals surface area contributed by atoms with Crippen molar-refractivity contribution in [1.82, 2.24) is 0 Å². The number of halogens is 2. The molecule has 0 saturated carbocycles. The fourth-order valence-electron chi connectivity index (χ4n) is 1.94. The molecule has 0 bridgehead atoms. The minimum Gasteiger partial charge on any atom is -0.380 e. The lowest BCUT2D eigenvalue weighted by molar-refractivity contribution is 1.19. The molecule has 0 aliphatic rings. The van der Waals surface area contributed by atoms with Crippen LogP contribution >= 0.6 is 50.2 Å². The molecule has 0 aliphatic carbocycles. The van der Waals surface area contributed by atoms with Crippen LogP contribution in [-0.4, -0.2) is 0 Å². The van der Waals surface area contributed by atoms with Gasteiger partial charge in [-0.25, -0.2) is 0 Å². The Bertz CT molecular complexity index is 687. The van der Waals surface area contributed by atoms with Gasteiger partial charge in [0.15, 0.2) is 0 Å². The summed E-state index contributed by atoms with van der Waals surface area (Å²) in [6.45, 7) is 0.776. The number of hydrogen-bond donors (Lipinski definition) is 1. The summed E-state index contributed by atoms with van der Waals surface area (Å²) in [4.78, 5) is 2.49. The molecule has 102 valence electrons. The van der Waals surface area contributed by atoms with Crippen LogP contribution in [0.5, 0.6) is 0 Å². The average Bonchev–Trinajstić information content (AvgIpc) is 3.08. The van der Waals surface area contributed by atoms with E-state index in [4.69, 9.17) is 11.6 Å². The number of para-hydroxylation sites is 1. The summed E-state index contributed by atoms with van der Waals surface area (Å²) in [6, 6.07) is 14.7. The van der Waals surface area contributed by atoms with Crippen molar-refractivity contribution >= 4 is 55.9 Å². The largest absolute Gasteiger partial charge is 0.380 e. The Morgan fingerprint density at radius 2 is 2.00 bits per heavy atom. The van der Waals surface area contributed by atoms with E-state index in [1.807, 2.05) is 0 Å². The van der Waals surface area contributed by atoms with Crippen molar-refractivity contribution in [2.45, 2.75) is 6.54 Å². The zero-order valence-corrected chi connectivity index (χ0v) is 14.4. The van der Waals surface area contributed by atoms with Gasteiger partial charge in [-0.1, -0.05) is 35.9 Å². The van der Waals surface area contributed by atoms with Crippen LogP contribution in [0.3, 0.4) is 0 Å². The predicted octanol–water partition coefficient (Wildman–Crippen LogP) is 6.50. The van der Waals surface area contributed by atoms with Crippen molar-refractivity contribution < 1.29 is 0 Å². The van der Waals surface area contributed by atoms with E-state index in [2.05, 4.69) is 69.1 Å². The number of thiophene rings is 2. The highest BCUT2D eigenvalue weighted by atomic mass is 79.9. The quantitative estimate of drug-likeness (QED) is 0.541. The first-order valence-corrected chi connectivity index (χ1v) is 8.91. The maximum Gasteiger partial charge on any atom is 0.107 e. The maximum atomic E-state index is 6.07. The molecule has 3 aromatic rings. The molecule has 2 heterocycles. The van der Waals surface area contributed by atoms with Gasteiger partial charge in [0.25, 0.3) is 0 Å². The minimum absolute atomic E-state index is 0.776. The number of benzene rings is 1. The van der Waals surface area contributed by atoms with E-state index in [1.54, 1.807) is 22.7 Å². The first-order chi connectivity index (χ1) is 9.74. The zero-order valence-electron chi connectivity index (χ0n) is 10.4. The van der Waals surface area contributed by atoms with E-state index in [1.165, 1.54) is 15.3 Å². The molecule has 0 amide bonds. The fraction of sp³-hybridized carbons (Fsp3) is 0.0667. The molecule has 0 fully saturated rings. The molecule has 0 radical (unpaired) electrons. The second-order valence-electron chi connectivity index (χ2n) is 4.21. The summed E-state index contributed by atoms with van der Waals surface area (Å²) in [5.74, 6) is 0. The molecule has 1 aromatic carbocycles. The van der Waals surface area contributed by atoms with E-state index in [9.17, 15) is 0 Å². The summed E-state index contributed by atoms with van der Waals surface area (Å²) in [6.07, 6.45) is 0. The van der Waals surface area contributed by atoms with E-state index < -0.39 is 0 Å². The summed E-state index contributed by atoms with van der Waals surface area (Å²) >= 11 is 12.9. The molecule has 3 rings (SSSR count). The lowest BCUT2D eigenvalue weighted by Crippen LogP contribution is -1.98. The van der Waals surface area contributed by atoms with Crippen LogP contribution in [0.2, 0.25) is 4.34 Å². The Kier molecular flexibility index (Phi) is 4.46. The van der Waals surface area contributed by atoms with Gasteiger partial charge in [-0.15, -0.1) is 22.7 Å². The topological polar surface area (TPSA) is 12.0 Å². The van der Waals surface area contributed by atoms with Crippen LogP contribution in [0.25, 0.3) is 10.4 Å². The third-order valence-corrected chi connectivity index (χ3v) is 6.24. The summed E-state index contributed by atoms with van der Waals surface area (Å²) in [5, 5.41) is 5.60. The molecule has 0 saturated heterocycles. The van der Waals surface area contributed by atoms with Gasteiger partial charge in [0.1, 0.15) is 4.34 Å². The van der Waals surface area contributed by atoms with E-state index in [0.717, 1.165) is 21.0 Å². The van der Waals surface area contributed by atoms with E-state index >= 15 is 0 Å². The van der Waals surface area contributed by atoms with E-state index in [0.29, 0.717) is 0 Å². The Hall–Kier alpha value is -0.810. The van der Waals surface area contributed by atoms with Gasteiger partial charge in [-0.3, -0.25) is 0 Å². The normalized spacial score (nSPS) is 10.7. The van der Waals surface area contributed by atoms with Gasteiger partial charge in [-0.05, 0) is 39.5 Å².